The van der Waals surface area contributed by atoms with Crippen LogP contribution in [-0.2, 0) is 17.8 Å². The van der Waals surface area contributed by atoms with E-state index in [1.165, 1.54) is 0 Å². The van der Waals surface area contributed by atoms with Gasteiger partial charge in [0, 0.05) is 18.0 Å². The maximum Gasteiger partial charge on any atom is 0.243 e. The lowest BCUT2D eigenvalue weighted by Crippen LogP contribution is -2.33. The number of nitrogens with zero attached hydrogens (tertiary/aromatic N) is 2. The third kappa shape index (κ3) is 4.99. The van der Waals surface area contributed by atoms with Gasteiger partial charge in [-0.05, 0) is 47.9 Å². The first kappa shape index (κ1) is 24.8. The van der Waals surface area contributed by atoms with Crippen molar-refractivity contribution < 1.29 is 14.3 Å². The highest BCUT2D eigenvalue weighted by molar-refractivity contribution is 6.42. The summed E-state index contributed by atoms with van der Waals surface area (Å²) >= 11 is 19.1. The van der Waals surface area contributed by atoms with Gasteiger partial charge in [0.25, 0.3) is 0 Å². The molecule has 0 spiro atoms. The summed E-state index contributed by atoms with van der Waals surface area (Å²) in [7, 11) is 0. The Labute approximate surface area is 224 Å². The Morgan fingerprint density at radius 2 is 1.81 bits per heavy atom. The molecular weight excluding hydrogens is 521 g/mol. The van der Waals surface area contributed by atoms with Crippen LogP contribution in [0.3, 0.4) is 0 Å². The molecule has 36 heavy (non-hydrogen) atoms. The number of rotatable bonds is 8. The lowest BCUT2D eigenvalue weighted by molar-refractivity contribution is -0.124. The monoisotopic (exact) mass is 543 g/mol. The Balaban J connectivity index is 1.50. The van der Waals surface area contributed by atoms with Crippen molar-refractivity contribution in [3.63, 3.8) is 0 Å². The molecule has 0 aliphatic carbocycles. The SMILES string of the molecule is CCC[C@@H](C(=O)NCc1ccc2c(c1)OCO2)n1c(Cc2ccccc2Cl)nc2cc(Cl)c(Cl)cc21. The van der Waals surface area contributed by atoms with E-state index < -0.39 is 6.04 Å². The fraction of sp³-hybridized carbons (Fsp3) is 0.259. The quantitative estimate of drug-likeness (QED) is 0.260. The van der Waals surface area contributed by atoms with E-state index in [2.05, 4.69) is 12.2 Å². The van der Waals surface area contributed by atoms with Gasteiger partial charge in [-0.1, -0.05) is 72.4 Å². The van der Waals surface area contributed by atoms with Gasteiger partial charge in [0.15, 0.2) is 11.5 Å². The summed E-state index contributed by atoms with van der Waals surface area (Å²) in [5, 5.41) is 4.55. The van der Waals surface area contributed by atoms with Gasteiger partial charge >= 0.3 is 0 Å². The van der Waals surface area contributed by atoms with Crippen molar-refractivity contribution in [2.75, 3.05) is 6.79 Å². The summed E-state index contributed by atoms with van der Waals surface area (Å²) in [6.45, 7) is 2.61. The molecular formula is C27H24Cl3N3O3. The Bertz CT molecular complexity index is 1440. The van der Waals surface area contributed by atoms with E-state index in [4.69, 9.17) is 49.3 Å². The summed E-state index contributed by atoms with van der Waals surface area (Å²) in [6.07, 6.45) is 1.88. The number of hydrogen-bond donors (Lipinski definition) is 1. The van der Waals surface area contributed by atoms with Crippen LogP contribution >= 0.6 is 34.8 Å². The first-order valence-electron chi connectivity index (χ1n) is 11.7. The number of amides is 1. The van der Waals surface area contributed by atoms with E-state index in [0.29, 0.717) is 57.3 Å². The van der Waals surface area contributed by atoms with Gasteiger partial charge in [0.1, 0.15) is 11.9 Å². The molecule has 0 radical (unpaired) electrons. The molecule has 0 saturated carbocycles. The Morgan fingerprint density at radius 3 is 2.61 bits per heavy atom. The number of nitrogens with one attached hydrogen (secondary N) is 1. The standard InChI is InChI=1S/C27H24Cl3N3O3/c1-2-5-22(27(34)31-14-16-8-9-24-25(10-16)36-15-35-24)33-23-13-20(30)19(29)12-21(23)32-26(33)11-17-6-3-4-7-18(17)28/h3-4,6-10,12-13,22H,2,5,11,14-15H2,1H3,(H,31,34)/t22-/m0/s1. The maximum absolute atomic E-state index is 13.6. The fourth-order valence-corrected chi connectivity index (χ4v) is 4.95. The summed E-state index contributed by atoms with van der Waals surface area (Å²) in [4.78, 5) is 18.4. The highest BCUT2D eigenvalue weighted by Crippen LogP contribution is 2.34. The van der Waals surface area contributed by atoms with Gasteiger partial charge < -0.3 is 19.4 Å². The number of aromatic nitrogens is 2. The smallest absolute Gasteiger partial charge is 0.243 e. The second kappa shape index (κ2) is 10.6. The van der Waals surface area contributed by atoms with Gasteiger partial charge in [-0.25, -0.2) is 4.98 Å². The van der Waals surface area contributed by atoms with Crippen LogP contribution in [0.15, 0.2) is 54.6 Å². The van der Waals surface area contributed by atoms with E-state index in [1.54, 1.807) is 12.1 Å². The number of fused-ring (bicyclic) bond motifs is 2. The Hall–Kier alpha value is -2.93. The van der Waals surface area contributed by atoms with E-state index in [0.717, 1.165) is 23.1 Å². The van der Waals surface area contributed by atoms with Gasteiger partial charge in [-0.2, -0.15) is 0 Å². The minimum absolute atomic E-state index is 0.111. The predicted molar refractivity (Wildman–Crippen MR) is 142 cm³/mol. The van der Waals surface area contributed by atoms with Crippen LogP contribution in [0, 0.1) is 0 Å². The number of benzene rings is 3. The topological polar surface area (TPSA) is 65.4 Å². The van der Waals surface area contributed by atoms with Crippen molar-refractivity contribution in [1.82, 2.24) is 14.9 Å². The third-order valence-electron chi connectivity index (χ3n) is 6.19. The van der Waals surface area contributed by atoms with Crippen LogP contribution in [0.4, 0.5) is 0 Å². The van der Waals surface area contributed by atoms with Crippen LogP contribution < -0.4 is 14.8 Å². The average molecular weight is 545 g/mol. The van der Waals surface area contributed by atoms with Gasteiger partial charge in [0.05, 0.1) is 21.1 Å². The predicted octanol–water partition coefficient (Wildman–Crippen LogP) is 6.97. The average Bonchev–Trinajstić information content (AvgIpc) is 3.46. The first-order valence-corrected chi connectivity index (χ1v) is 12.8. The van der Waals surface area contributed by atoms with Gasteiger partial charge in [0.2, 0.25) is 12.7 Å². The molecule has 2 heterocycles. The number of imidazole rings is 1. The Kier molecular flexibility index (Phi) is 7.28. The highest BCUT2D eigenvalue weighted by atomic mass is 35.5. The molecule has 6 nitrogen and oxygen atoms in total. The lowest BCUT2D eigenvalue weighted by atomic mass is 10.1. The number of ether oxygens (including phenoxy) is 2. The molecule has 9 heteroatoms. The molecule has 5 rings (SSSR count). The largest absolute Gasteiger partial charge is 0.454 e. The second-order valence-corrected chi connectivity index (χ2v) is 9.85. The van der Waals surface area contributed by atoms with Crippen LogP contribution in [-0.4, -0.2) is 22.3 Å². The van der Waals surface area contributed by atoms with Crippen LogP contribution in [0.1, 0.15) is 42.8 Å². The number of carbonyl (C=O) groups is 1. The van der Waals surface area contributed by atoms with Crippen molar-refractivity contribution in [1.29, 1.82) is 0 Å². The molecule has 1 N–H and O–H groups in total. The van der Waals surface area contributed by atoms with Crippen LogP contribution in [0.2, 0.25) is 15.1 Å². The normalized spacial score (nSPS) is 13.2. The summed E-state index contributed by atoms with van der Waals surface area (Å²) in [6, 6.07) is 16.3. The highest BCUT2D eigenvalue weighted by Gasteiger charge is 2.26. The van der Waals surface area contributed by atoms with Crippen LogP contribution in [0.25, 0.3) is 11.0 Å². The number of carbonyl (C=O) groups excluding carboxylic acids is 1. The second-order valence-electron chi connectivity index (χ2n) is 8.63. The van der Waals surface area contributed by atoms with Crippen molar-refractivity contribution in [2.24, 2.45) is 0 Å². The molecule has 1 aliphatic rings. The van der Waals surface area contributed by atoms with Crippen LogP contribution in [0.5, 0.6) is 11.5 Å². The van der Waals surface area contributed by atoms with E-state index in [9.17, 15) is 4.79 Å². The van der Waals surface area contributed by atoms with Gasteiger partial charge in [-0.15, -0.1) is 0 Å². The lowest BCUT2D eigenvalue weighted by Gasteiger charge is -2.21. The molecule has 1 aliphatic heterocycles. The fourth-order valence-electron chi connectivity index (χ4n) is 4.43. The molecule has 1 amide bonds. The van der Waals surface area contributed by atoms with E-state index >= 15 is 0 Å². The van der Waals surface area contributed by atoms with E-state index in [-0.39, 0.29) is 12.7 Å². The minimum Gasteiger partial charge on any atom is -0.454 e. The summed E-state index contributed by atoms with van der Waals surface area (Å²) in [5.41, 5.74) is 3.27. The molecule has 0 saturated heterocycles. The summed E-state index contributed by atoms with van der Waals surface area (Å²) < 4.78 is 12.8. The minimum atomic E-state index is -0.497. The molecule has 0 unspecified atom stereocenters. The van der Waals surface area contributed by atoms with Crippen molar-refractivity contribution in [2.45, 2.75) is 38.8 Å². The first-order chi connectivity index (χ1) is 17.4. The maximum atomic E-state index is 13.6. The number of halogens is 3. The zero-order valence-electron chi connectivity index (χ0n) is 19.6. The zero-order chi connectivity index (χ0) is 25.2. The zero-order valence-corrected chi connectivity index (χ0v) is 21.8. The van der Waals surface area contributed by atoms with Gasteiger partial charge in [-0.3, -0.25) is 4.79 Å². The Morgan fingerprint density at radius 1 is 1.03 bits per heavy atom. The summed E-state index contributed by atoms with van der Waals surface area (Å²) in [5.74, 6) is 1.99. The number of hydrogen-bond acceptors (Lipinski definition) is 4. The molecule has 1 atom stereocenters. The molecule has 3 aromatic carbocycles. The molecule has 0 bridgehead atoms. The van der Waals surface area contributed by atoms with Crippen molar-refractivity contribution >= 4 is 51.7 Å². The van der Waals surface area contributed by atoms with E-state index in [1.807, 2.05) is 47.0 Å². The van der Waals surface area contributed by atoms with Crippen molar-refractivity contribution in [3.8, 4) is 11.5 Å². The third-order valence-corrected chi connectivity index (χ3v) is 7.28. The molecule has 0 fully saturated rings. The van der Waals surface area contributed by atoms with Crippen molar-refractivity contribution in [3.05, 3.63) is 86.6 Å². The molecule has 186 valence electrons. The molecule has 1 aromatic heterocycles. The molecule has 4 aromatic rings.